The zero-order valence-electron chi connectivity index (χ0n) is 12.9. The molecule has 1 aromatic heterocycles. The average Bonchev–Trinajstić information content (AvgIpc) is 3.15. The van der Waals surface area contributed by atoms with Crippen LogP contribution in [0.5, 0.6) is 0 Å². The lowest BCUT2D eigenvalue weighted by Gasteiger charge is -2.20. The molecular weight excluding hydrogens is 322 g/mol. The average molecular weight is 339 g/mol. The van der Waals surface area contributed by atoms with Crippen LogP contribution in [-0.2, 0) is 4.79 Å². The van der Waals surface area contributed by atoms with E-state index >= 15 is 0 Å². The molecule has 0 atom stereocenters. The third-order valence-corrected chi connectivity index (χ3v) is 4.38. The number of hydrazine groups is 1. The first-order chi connectivity index (χ1) is 11.7. The SMILES string of the molecule is O=C(NNc1ccccc1)C1=CN(CC(=O)c2cccs2)C=CC1. The van der Waals surface area contributed by atoms with Crippen molar-refractivity contribution in [3.05, 3.63) is 76.8 Å². The van der Waals surface area contributed by atoms with Crippen molar-refractivity contribution in [2.24, 2.45) is 0 Å². The van der Waals surface area contributed by atoms with Gasteiger partial charge in [0.1, 0.15) is 0 Å². The van der Waals surface area contributed by atoms with Gasteiger partial charge in [-0.25, -0.2) is 0 Å². The van der Waals surface area contributed by atoms with Gasteiger partial charge < -0.3 is 4.90 Å². The molecule has 0 radical (unpaired) electrons. The number of amides is 1. The first-order valence-electron chi connectivity index (χ1n) is 7.53. The number of allylic oxidation sites excluding steroid dienone is 1. The van der Waals surface area contributed by atoms with Crippen LogP contribution in [-0.4, -0.2) is 23.1 Å². The molecule has 2 N–H and O–H groups in total. The highest BCUT2D eigenvalue weighted by atomic mass is 32.1. The summed E-state index contributed by atoms with van der Waals surface area (Å²) in [6, 6.07) is 13.1. The van der Waals surface area contributed by atoms with Crippen molar-refractivity contribution in [3.8, 4) is 0 Å². The highest BCUT2D eigenvalue weighted by Crippen LogP contribution is 2.15. The van der Waals surface area contributed by atoms with E-state index in [0.717, 1.165) is 10.6 Å². The number of para-hydroxylation sites is 1. The van der Waals surface area contributed by atoms with Gasteiger partial charge in [0.15, 0.2) is 5.78 Å². The Labute approximate surface area is 144 Å². The van der Waals surface area contributed by atoms with Crippen molar-refractivity contribution >= 4 is 28.7 Å². The molecule has 6 heteroatoms. The van der Waals surface area contributed by atoms with Gasteiger partial charge >= 0.3 is 0 Å². The zero-order chi connectivity index (χ0) is 16.8. The Morgan fingerprint density at radius 1 is 1.12 bits per heavy atom. The summed E-state index contributed by atoms with van der Waals surface area (Å²) >= 11 is 1.42. The Morgan fingerprint density at radius 2 is 1.96 bits per heavy atom. The third-order valence-electron chi connectivity index (χ3n) is 3.46. The number of hydrogen-bond donors (Lipinski definition) is 2. The Balaban J connectivity index is 1.58. The van der Waals surface area contributed by atoms with Crippen LogP contribution < -0.4 is 10.9 Å². The quantitative estimate of drug-likeness (QED) is 0.627. The summed E-state index contributed by atoms with van der Waals surface area (Å²) in [6.45, 7) is 0.222. The molecule has 1 aromatic carbocycles. The second-order valence-corrected chi connectivity index (χ2v) is 6.21. The lowest BCUT2D eigenvalue weighted by atomic mass is 10.1. The van der Waals surface area contributed by atoms with Crippen molar-refractivity contribution < 1.29 is 9.59 Å². The molecule has 0 bridgehead atoms. The van der Waals surface area contributed by atoms with E-state index in [1.807, 2.05) is 60.1 Å². The van der Waals surface area contributed by atoms with Gasteiger partial charge in [0.25, 0.3) is 5.91 Å². The van der Waals surface area contributed by atoms with Gasteiger partial charge in [-0.3, -0.25) is 20.4 Å². The summed E-state index contributed by atoms with van der Waals surface area (Å²) < 4.78 is 0. The standard InChI is InChI=1S/C18H17N3O2S/c22-16(17-9-5-11-24-17)13-21-10-4-6-14(12-21)18(23)20-19-15-7-2-1-3-8-15/h1-5,7-12,19H,6,13H2,(H,20,23). The first-order valence-corrected chi connectivity index (χ1v) is 8.41. The van der Waals surface area contributed by atoms with Gasteiger partial charge in [0.2, 0.25) is 0 Å². The number of benzene rings is 1. The fourth-order valence-corrected chi connectivity index (χ4v) is 2.93. The molecule has 2 aromatic rings. The predicted molar refractivity (Wildman–Crippen MR) is 95.4 cm³/mol. The number of anilines is 1. The number of nitrogens with zero attached hydrogens (tertiary/aromatic N) is 1. The fourth-order valence-electron chi connectivity index (χ4n) is 2.27. The van der Waals surface area contributed by atoms with Crippen LogP contribution in [0.25, 0.3) is 0 Å². The van der Waals surface area contributed by atoms with Crippen molar-refractivity contribution in [1.82, 2.24) is 10.3 Å². The van der Waals surface area contributed by atoms with Crippen LogP contribution in [0.15, 0.2) is 71.9 Å². The van der Waals surface area contributed by atoms with Gasteiger partial charge in [-0.1, -0.05) is 30.3 Å². The monoisotopic (exact) mass is 339 g/mol. The van der Waals surface area contributed by atoms with E-state index in [-0.39, 0.29) is 18.2 Å². The summed E-state index contributed by atoms with van der Waals surface area (Å²) in [7, 11) is 0. The summed E-state index contributed by atoms with van der Waals surface area (Å²) in [6.07, 6.45) is 5.95. The molecule has 0 aliphatic carbocycles. The molecule has 1 aliphatic rings. The Kier molecular flexibility index (Phi) is 5.08. The van der Waals surface area contributed by atoms with E-state index in [4.69, 9.17) is 0 Å². The zero-order valence-corrected chi connectivity index (χ0v) is 13.8. The number of Topliss-reactive ketones (excluding diaryl/α,β-unsaturated/α-hetero) is 1. The Bertz CT molecular complexity index is 767. The molecule has 122 valence electrons. The van der Waals surface area contributed by atoms with Crippen LogP contribution in [0.1, 0.15) is 16.1 Å². The largest absolute Gasteiger partial charge is 0.346 e. The van der Waals surface area contributed by atoms with Crippen molar-refractivity contribution in [2.45, 2.75) is 6.42 Å². The van der Waals surface area contributed by atoms with Crippen molar-refractivity contribution in [1.29, 1.82) is 0 Å². The van der Waals surface area contributed by atoms with Gasteiger partial charge in [-0.05, 0) is 30.0 Å². The van der Waals surface area contributed by atoms with Crippen LogP contribution in [0.2, 0.25) is 0 Å². The molecule has 0 saturated heterocycles. The number of rotatable bonds is 6. The number of carbonyl (C=O) groups is 2. The molecule has 1 aliphatic heterocycles. The minimum atomic E-state index is -0.211. The highest BCUT2D eigenvalue weighted by Gasteiger charge is 2.16. The van der Waals surface area contributed by atoms with Crippen molar-refractivity contribution in [3.63, 3.8) is 0 Å². The number of thiophene rings is 1. The van der Waals surface area contributed by atoms with E-state index in [1.165, 1.54) is 11.3 Å². The van der Waals surface area contributed by atoms with E-state index in [1.54, 1.807) is 11.1 Å². The molecule has 0 unspecified atom stereocenters. The first kappa shape index (κ1) is 16.0. The summed E-state index contributed by atoms with van der Waals surface area (Å²) in [5.74, 6) is -0.174. The Morgan fingerprint density at radius 3 is 2.71 bits per heavy atom. The second kappa shape index (κ2) is 7.61. The Hall–Kier alpha value is -2.86. The molecule has 0 spiro atoms. The molecule has 2 heterocycles. The normalized spacial score (nSPS) is 13.3. The fraction of sp³-hybridized carbons (Fsp3) is 0.111. The van der Waals surface area contributed by atoms with Crippen LogP contribution in [0.4, 0.5) is 5.69 Å². The smallest absolute Gasteiger partial charge is 0.267 e. The predicted octanol–water partition coefficient (Wildman–Crippen LogP) is 3.18. The van der Waals surface area contributed by atoms with E-state index < -0.39 is 0 Å². The number of ketones is 1. The van der Waals surface area contributed by atoms with Crippen LogP contribution in [0.3, 0.4) is 0 Å². The maximum Gasteiger partial charge on any atom is 0.267 e. The van der Waals surface area contributed by atoms with Gasteiger partial charge in [0.05, 0.1) is 17.1 Å². The van der Waals surface area contributed by atoms with Crippen molar-refractivity contribution in [2.75, 3.05) is 12.0 Å². The molecule has 1 amide bonds. The van der Waals surface area contributed by atoms with Gasteiger partial charge in [0, 0.05) is 18.0 Å². The second-order valence-electron chi connectivity index (χ2n) is 5.26. The highest BCUT2D eigenvalue weighted by molar-refractivity contribution is 7.12. The molecule has 3 rings (SSSR count). The summed E-state index contributed by atoms with van der Waals surface area (Å²) in [4.78, 5) is 26.9. The van der Waals surface area contributed by atoms with E-state index in [2.05, 4.69) is 10.9 Å². The summed E-state index contributed by atoms with van der Waals surface area (Å²) in [5.41, 5.74) is 6.95. The van der Waals surface area contributed by atoms with Crippen LogP contribution >= 0.6 is 11.3 Å². The van der Waals surface area contributed by atoms with Crippen LogP contribution in [0, 0.1) is 0 Å². The molecule has 5 nitrogen and oxygen atoms in total. The maximum atomic E-state index is 12.2. The lowest BCUT2D eigenvalue weighted by molar-refractivity contribution is -0.117. The summed E-state index contributed by atoms with van der Waals surface area (Å²) in [5, 5.41) is 1.88. The van der Waals surface area contributed by atoms with Gasteiger partial charge in [-0.15, -0.1) is 11.3 Å². The lowest BCUT2D eigenvalue weighted by Crippen LogP contribution is -2.32. The number of hydrogen-bond acceptors (Lipinski definition) is 5. The number of carbonyl (C=O) groups excluding carboxylic acids is 2. The molecule has 24 heavy (non-hydrogen) atoms. The van der Waals surface area contributed by atoms with Gasteiger partial charge in [-0.2, -0.15) is 0 Å². The molecular formula is C18H17N3O2S. The number of nitrogens with one attached hydrogen (secondary N) is 2. The molecule has 0 saturated carbocycles. The minimum Gasteiger partial charge on any atom is -0.346 e. The molecule has 0 fully saturated rings. The minimum absolute atomic E-state index is 0.0370. The van der Waals surface area contributed by atoms with E-state index in [9.17, 15) is 9.59 Å². The maximum absolute atomic E-state index is 12.2. The third kappa shape index (κ3) is 4.11. The van der Waals surface area contributed by atoms with E-state index in [0.29, 0.717) is 12.0 Å². The topological polar surface area (TPSA) is 61.4 Å².